The molecule has 0 amide bonds. The van der Waals surface area contributed by atoms with Crippen molar-refractivity contribution in [1.82, 2.24) is 9.97 Å². The van der Waals surface area contributed by atoms with E-state index in [2.05, 4.69) is 46.5 Å². The molecule has 1 N–H and O–H groups in total. The van der Waals surface area contributed by atoms with Gasteiger partial charge in [0.1, 0.15) is 17.3 Å². The van der Waals surface area contributed by atoms with Crippen LogP contribution >= 0.6 is 11.6 Å². The van der Waals surface area contributed by atoms with E-state index >= 15 is 0 Å². The molecule has 3 rings (SSSR count). The van der Waals surface area contributed by atoms with Gasteiger partial charge in [-0.3, -0.25) is 0 Å². The van der Waals surface area contributed by atoms with Gasteiger partial charge in [0, 0.05) is 17.5 Å². The maximum absolute atomic E-state index is 6.10. The van der Waals surface area contributed by atoms with Gasteiger partial charge >= 0.3 is 0 Å². The second-order valence-corrected chi connectivity index (χ2v) is 5.21. The first-order chi connectivity index (χ1) is 9.29. The average Bonchev–Trinajstić information content (AvgIpc) is 3.19. The van der Waals surface area contributed by atoms with E-state index in [1.54, 1.807) is 0 Å². The third kappa shape index (κ3) is 2.56. The van der Waals surface area contributed by atoms with E-state index in [1.807, 2.05) is 6.07 Å². The average molecular weight is 274 g/mol. The van der Waals surface area contributed by atoms with Gasteiger partial charge in [-0.05, 0) is 18.4 Å². The van der Waals surface area contributed by atoms with Crippen molar-refractivity contribution < 1.29 is 0 Å². The van der Waals surface area contributed by atoms with Gasteiger partial charge in [-0.2, -0.15) is 0 Å². The lowest BCUT2D eigenvalue weighted by molar-refractivity contribution is 0.985. The summed E-state index contributed by atoms with van der Waals surface area (Å²) in [5, 5.41) is 4.04. The minimum absolute atomic E-state index is 0.457. The summed E-state index contributed by atoms with van der Waals surface area (Å²) in [5.41, 5.74) is 2.39. The molecule has 2 atom stereocenters. The largest absolute Gasteiger partial charge is 0.366 e. The fourth-order valence-corrected chi connectivity index (χ4v) is 2.69. The fourth-order valence-electron chi connectivity index (χ4n) is 2.43. The Kier molecular flexibility index (Phi) is 3.38. The normalized spacial score (nSPS) is 21.2. The number of benzene rings is 1. The molecule has 1 fully saturated rings. The molecule has 2 aromatic rings. The Hall–Kier alpha value is -1.61. The number of halogens is 1. The minimum atomic E-state index is 0.457. The lowest BCUT2D eigenvalue weighted by Crippen LogP contribution is -2.09. The Morgan fingerprint density at radius 2 is 2.05 bits per heavy atom. The molecular formula is C15H16ClN3. The van der Waals surface area contributed by atoms with Crippen molar-refractivity contribution in [2.45, 2.75) is 31.7 Å². The molecule has 1 aromatic carbocycles. The van der Waals surface area contributed by atoms with Gasteiger partial charge in [-0.15, -0.1) is 0 Å². The van der Waals surface area contributed by atoms with Crippen LogP contribution in [0.15, 0.2) is 36.7 Å². The van der Waals surface area contributed by atoms with Crippen molar-refractivity contribution in [1.29, 1.82) is 0 Å². The van der Waals surface area contributed by atoms with Crippen LogP contribution in [-0.4, -0.2) is 16.0 Å². The molecule has 1 saturated carbocycles. The van der Waals surface area contributed by atoms with Gasteiger partial charge < -0.3 is 5.32 Å². The Morgan fingerprint density at radius 3 is 2.79 bits per heavy atom. The van der Waals surface area contributed by atoms with E-state index in [1.165, 1.54) is 11.9 Å². The molecule has 1 heterocycles. The molecule has 98 valence electrons. The summed E-state index contributed by atoms with van der Waals surface area (Å²) >= 11 is 6.10. The van der Waals surface area contributed by atoms with E-state index < -0.39 is 0 Å². The zero-order valence-corrected chi connectivity index (χ0v) is 11.6. The number of anilines is 1. The van der Waals surface area contributed by atoms with Crippen molar-refractivity contribution in [2.75, 3.05) is 5.32 Å². The summed E-state index contributed by atoms with van der Waals surface area (Å²) in [7, 11) is 0. The zero-order valence-electron chi connectivity index (χ0n) is 10.8. The topological polar surface area (TPSA) is 37.8 Å². The zero-order chi connectivity index (χ0) is 13.2. The van der Waals surface area contributed by atoms with Gasteiger partial charge in [-0.25, -0.2) is 9.97 Å². The van der Waals surface area contributed by atoms with Crippen LogP contribution in [0.5, 0.6) is 0 Å². The molecule has 1 aliphatic rings. The lowest BCUT2D eigenvalue weighted by Gasteiger charge is -2.10. The Bertz CT molecular complexity index is 571. The summed E-state index contributed by atoms with van der Waals surface area (Å²) in [4.78, 5) is 8.34. The summed E-state index contributed by atoms with van der Waals surface area (Å²) in [6.07, 6.45) is 3.50. The number of aromatic nitrogens is 2. The molecule has 4 heteroatoms. The van der Waals surface area contributed by atoms with Gasteiger partial charge in [-0.1, -0.05) is 48.9 Å². The van der Waals surface area contributed by atoms with Gasteiger partial charge in [0.2, 0.25) is 0 Å². The Labute approximate surface area is 118 Å². The van der Waals surface area contributed by atoms with Crippen LogP contribution in [0.2, 0.25) is 5.15 Å². The highest BCUT2D eigenvalue weighted by molar-refractivity contribution is 6.30. The fraction of sp³-hybridized carbons (Fsp3) is 0.333. The first-order valence-electron chi connectivity index (χ1n) is 6.60. The van der Waals surface area contributed by atoms with Crippen LogP contribution < -0.4 is 5.32 Å². The smallest absolute Gasteiger partial charge is 0.137 e. The molecule has 1 aromatic heterocycles. The van der Waals surface area contributed by atoms with Crippen LogP contribution in [0.25, 0.3) is 0 Å². The van der Waals surface area contributed by atoms with Crippen molar-refractivity contribution >= 4 is 17.4 Å². The van der Waals surface area contributed by atoms with Crippen molar-refractivity contribution in [3.63, 3.8) is 0 Å². The standard InChI is InChI=1S/C15H16ClN3/c1-2-11-14(16)17-9-18-15(11)19-13-8-12(13)10-6-4-3-5-7-10/h3-7,9,12-13H,2,8H2,1H3,(H,17,18,19). The number of rotatable bonds is 4. The van der Waals surface area contributed by atoms with Crippen molar-refractivity contribution in [3.8, 4) is 0 Å². The second kappa shape index (κ2) is 5.17. The van der Waals surface area contributed by atoms with E-state index in [-0.39, 0.29) is 0 Å². The van der Waals surface area contributed by atoms with Crippen LogP contribution in [0, 0.1) is 0 Å². The van der Waals surface area contributed by atoms with Crippen LogP contribution in [0.3, 0.4) is 0 Å². The number of hydrogen-bond acceptors (Lipinski definition) is 3. The highest BCUT2D eigenvalue weighted by atomic mass is 35.5. The summed E-state index contributed by atoms with van der Waals surface area (Å²) in [6.45, 7) is 2.07. The number of nitrogens with one attached hydrogen (secondary N) is 1. The van der Waals surface area contributed by atoms with Crippen molar-refractivity contribution in [3.05, 3.63) is 52.9 Å². The summed E-state index contributed by atoms with van der Waals surface area (Å²) in [5.74, 6) is 1.46. The number of hydrogen-bond donors (Lipinski definition) is 1. The molecule has 0 saturated heterocycles. The predicted octanol–water partition coefficient (Wildman–Crippen LogP) is 3.66. The molecule has 2 unspecified atom stereocenters. The first kappa shape index (κ1) is 12.4. The van der Waals surface area contributed by atoms with Gasteiger partial charge in [0.25, 0.3) is 0 Å². The molecule has 0 radical (unpaired) electrons. The summed E-state index contributed by atoms with van der Waals surface area (Å²) in [6, 6.07) is 11.0. The highest BCUT2D eigenvalue weighted by Gasteiger charge is 2.38. The van der Waals surface area contributed by atoms with Gasteiger partial charge in [0.15, 0.2) is 0 Å². The highest BCUT2D eigenvalue weighted by Crippen LogP contribution is 2.43. The van der Waals surface area contributed by atoms with E-state index in [0.29, 0.717) is 17.1 Å². The molecule has 0 bridgehead atoms. The van der Waals surface area contributed by atoms with Gasteiger partial charge in [0.05, 0.1) is 0 Å². The maximum atomic E-state index is 6.10. The quantitative estimate of drug-likeness (QED) is 0.864. The molecule has 0 spiro atoms. The minimum Gasteiger partial charge on any atom is -0.366 e. The second-order valence-electron chi connectivity index (χ2n) is 4.85. The first-order valence-corrected chi connectivity index (χ1v) is 6.98. The Balaban J connectivity index is 1.73. The SMILES string of the molecule is CCc1c(Cl)ncnc1NC1CC1c1ccccc1. The van der Waals surface area contributed by atoms with Crippen LogP contribution in [0.4, 0.5) is 5.82 Å². The van der Waals surface area contributed by atoms with Crippen LogP contribution in [-0.2, 0) is 6.42 Å². The van der Waals surface area contributed by atoms with Crippen LogP contribution in [0.1, 0.15) is 30.4 Å². The molecular weight excluding hydrogens is 258 g/mol. The summed E-state index contributed by atoms with van der Waals surface area (Å²) < 4.78 is 0. The van der Waals surface area contributed by atoms with E-state index in [0.717, 1.165) is 24.2 Å². The third-order valence-electron chi connectivity index (χ3n) is 3.59. The maximum Gasteiger partial charge on any atom is 0.137 e. The molecule has 0 aliphatic heterocycles. The molecule has 3 nitrogen and oxygen atoms in total. The predicted molar refractivity (Wildman–Crippen MR) is 77.6 cm³/mol. The lowest BCUT2D eigenvalue weighted by atomic mass is 10.1. The molecule has 19 heavy (non-hydrogen) atoms. The molecule has 1 aliphatic carbocycles. The monoisotopic (exact) mass is 273 g/mol. The number of nitrogens with zero attached hydrogens (tertiary/aromatic N) is 2. The Morgan fingerprint density at radius 1 is 1.26 bits per heavy atom. The van der Waals surface area contributed by atoms with Crippen molar-refractivity contribution in [2.24, 2.45) is 0 Å². The van der Waals surface area contributed by atoms with E-state index in [4.69, 9.17) is 11.6 Å². The third-order valence-corrected chi connectivity index (χ3v) is 3.91. The van der Waals surface area contributed by atoms with E-state index in [9.17, 15) is 0 Å².